The summed E-state index contributed by atoms with van der Waals surface area (Å²) in [4.78, 5) is 18.8. The summed E-state index contributed by atoms with van der Waals surface area (Å²) in [6.45, 7) is 8.22. The Bertz CT molecular complexity index is 185. The summed E-state index contributed by atoms with van der Waals surface area (Å²) in [6.07, 6.45) is 0.769. The summed E-state index contributed by atoms with van der Waals surface area (Å²) in [5, 5.41) is 18.8. The lowest BCUT2D eigenvalue weighted by atomic mass is 10.4. The van der Waals surface area contributed by atoms with E-state index in [0.717, 1.165) is 0 Å². The minimum atomic E-state index is -1.55. The molecular formula is C10H22N2O4. The Morgan fingerprint density at radius 1 is 0.875 bits per heavy atom. The van der Waals surface area contributed by atoms with Crippen LogP contribution in [0.5, 0.6) is 0 Å². The van der Waals surface area contributed by atoms with Crippen LogP contribution in [0.2, 0.25) is 0 Å². The first-order valence-electron chi connectivity index (χ1n) is 4.85. The highest BCUT2D eigenvalue weighted by molar-refractivity contribution is 5.87. The zero-order chi connectivity index (χ0) is 13.7. The van der Waals surface area contributed by atoms with E-state index < -0.39 is 11.9 Å². The van der Waals surface area contributed by atoms with Gasteiger partial charge in [0.2, 0.25) is 0 Å². The monoisotopic (exact) mass is 234 g/mol. The van der Waals surface area contributed by atoms with Crippen LogP contribution < -0.4 is 21.7 Å². The van der Waals surface area contributed by atoms with Crippen molar-refractivity contribution in [3.8, 4) is 0 Å². The largest absolute Gasteiger partial charge is 0.545 e. The molecule has 6 heteroatoms. The molecule has 0 saturated carbocycles. The topological polar surface area (TPSA) is 136 Å². The van der Waals surface area contributed by atoms with Gasteiger partial charge >= 0.3 is 0 Å². The summed E-state index contributed by atoms with van der Waals surface area (Å²) in [5.41, 5.74) is 7.28. The lowest BCUT2D eigenvalue weighted by molar-refractivity contribution is -0.408. The highest BCUT2D eigenvalue weighted by atomic mass is 16.4. The lowest BCUT2D eigenvalue weighted by Crippen LogP contribution is -2.57. The number of carboxylic acids is 2. The summed E-state index contributed by atoms with van der Waals surface area (Å²) in [6, 6.07) is 1.17. The van der Waals surface area contributed by atoms with Crippen molar-refractivity contribution in [3.05, 3.63) is 12.2 Å². The SMILES string of the molecule is CC(C)[NH3+].CC(C)[NH3+].O=C([O-])/C=C\C(=O)[O-]. The molecule has 0 aliphatic rings. The van der Waals surface area contributed by atoms with Gasteiger partial charge in [0.25, 0.3) is 0 Å². The Labute approximate surface area is 95.9 Å². The van der Waals surface area contributed by atoms with Gasteiger partial charge in [-0.1, -0.05) is 0 Å². The number of carboxylic acid groups (broad SMARTS) is 2. The van der Waals surface area contributed by atoms with Crippen LogP contribution in [0.25, 0.3) is 0 Å². The van der Waals surface area contributed by atoms with Gasteiger partial charge in [0.1, 0.15) is 0 Å². The number of hydrogen-bond acceptors (Lipinski definition) is 4. The van der Waals surface area contributed by atoms with Gasteiger partial charge in [0.15, 0.2) is 0 Å². The Balaban J connectivity index is -0.000000179. The molecule has 0 spiro atoms. The molecule has 6 N–H and O–H groups in total. The van der Waals surface area contributed by atoms with E-state index in [4.69, 9.17) is 0 Å². The van der Waals surface area contributed by atoms with Gasteiger partial charge in [0, 0.05) is 0 Å². The van der Waals surface area contributed by atoms with Crippen molar-refractivity contribution in [2.24, 2.45) is 0 Å². The first kappa shape index (κ1) is 20.1. The molecule has 0 saturated heterocycles. The maximum absolute atomic E-state index is 9.41. The second kappa shape index (κ2) is 13.6. The molecule has 0 aromatic rings. The normalized spacial score (nSPS) is 9.25. The molecule has 6 nitrogen and oxygen atoms in total. The molecule has 0 unspecified atom stereocenters. The Morgan fingerprint density at radius 3 is 1.06 bits per heavy atom. The van der Waals surface area contributed by atoms with Crippen LogP contribution in [-0.4, -0.2) is 24.0 Å². The van der Waals surface area contributed by atoms with Crippen molar-refractivity contribution in [2.75, 3.05) is 0 Å². The van der Waals surface area contributed by atoms with Gasteiger partial charge in [-0.15, -0.1) is 0 Å². The van der Waals surface area contributed by atoms with Crippen molar-refractivity contribution in [3.63, 3.8) is 0 Å². The van der Waals surface area contributed by atoms with E-state index in [1.54, 1.807) is 0 Å². The molecule has 0 rings (SSSR count). The molecule has 0 heterocycles. The van der Waals surface area contributed by atoms with Crippen molar-refractivity contribution in [1.82, 2.24) is 0 Å². The van der Waals surface area contributed by atoms with Gasteiger partial charge in [-0.2, -0.15) is 0 Å². The fourth-order valence-corrected chi connectivity index (χ4v) is 0.136. The maximum Gasteiger partial charge on any atom is 0.0786 e. The summed E-state index contributed by atoms with van der Waals surface area (Å²) in [7, 11) is 0. The highest BCUT2D eigenvalue weighted by Crippen LogP contribution is 1.64. The van der Waals surface area contributed by atoms with Gasteiger partial charge < -0.3 is 31.3 Å². The summed E-state index contributed by atoms with van der Waals surface area (Å²) in [5.74, 6) is -3.09. The quantitative estimate of drug-likeness (QED) is 0.475. The third kappa shape index (κ3) is 131. The minimum absolute atomic E-state index is 0.384. The fourth-order valence-electron chi connectivity index (χ4n) is 0.136. The second-order valence-corrected chi connectivity index (χ2v) is 3.76. The molecule has 0 aromatic carbocycles. The molecule has 0 aliphatic carbocycles. The fraction of sp³-hybridized carbons (Fsp3) is 0.600. The molecule has 0 radical (unpaired) electrons. The smallest absolute Gasteiger partial charge is 0.0786 e. The van der Waals surface area contributed by atoms with Gasteiger partial charge in [-0.3, -0.25) is 0 Å². The summed E-state index contributed by atoms with van der Waals surface area (Å²) < 4.78 is 0. The van der Waals surface area contributed by atoms with E-state index in [0.29, 0.717) is 24.2 Å². The zero-order valence-electron chi connectivity index (χ0n) is 10.4. The van der Waals surface area contributed by atoms with E-state index in [1.807, 2.05) is 0 Å². The Hall–Kier alpha value is -1.40. The highest BCUT2D eigenvalue weighted by Gasteiger charge is 1.72. The number of quaternary nitrogens is 2. The van der Waals surface area contributed by atoms with Gasteiger partial charge in [-0.05, 0) is 39.8 Å². The number of carbonyl (C=O) groups excluding carboxylic acids is 2. The zero-order valence-corrected chi connectivity index (χ0v) is 10.4. The Kier molecular flexibility index (Phi) is 17.1. The first-order chi connectivity index (χ1) is 7.09. The number of hydrogen-bond donors (Lipinski definition) is 2. The van der Waals surface area contributed by atoms with Gasteiger partial charge in [-0.25, -0.2) is 0 Å². The molecule has 0 fully saturated rings. The standard InChI is InChI=1S/C4H4O4.2C3H9N/c5-3(6)1-2-4(7)8;2*1-3(2)4/h1-2H,(H,5,6)(H,7,8);2*3H,4H2,1-2H3/b2-1-;;. The maximum atomic E-state index is 9.41. The van der Waals surface area contributed by atoms with Gasteiger partial charge in [0.05, 0.1) is 24.0 Å². The van der Waals surface area contributed by atoms with Crippen LogP contribution in [0.1, 0.15) is 27.7 Å². The molecule has 0 aromatic heterocycles. The van der Waals surface area contributed by atoms with E-state index >= 15 is 0 Å². The third-order valence-electron chi connectivity index (χ3n) is 0.355. The molecule has 0 atom stereocenters. The van der Waals surface area contributed by atoms with Crippen molar-refractivity contribution in [2.45, 2.75) is 39.8 Å². The van der Waals surface area contributed by atoms with Crippen LogP contribution in [0.3, 0.4) is 0 Å². The molecule has 0 bridgehead atoms. The average molecular weight is 234 g/mol. The van der Waals surface area contributed by atoms with E-state index in [9.17, 15) is 19.8 Å². The lowest BCUT2D eigenvalue weighted by Gasteiger charge is -1.90. The van der Waals surface area contributed by atoms with Crippen LogP contribution >= 0.6 is 0 Å². The predicted molar refractivity (Wildman–Crippen MR) is 55.2 cm³/mol. The second-order valence-electron chi connectivity index (χ2n) is 3.76. The molecule has 0 amide bonds. The summed E-state index contributed by atoms with van der Waals surface area (Å²) >= 11 is 0. The third-order valence-corrected chi connectivity index (χ3v) is 0.355. The average Bonchev–Trinajstić information content (AvgIpc) is 1.98. The molecular weight excluding hydrogens is 212 g/mol. The molecule has 0 aliphatic heterocycles. The molecule has 16 heavy (non-hydrogen) atoms. The Morgan fingerprint density at radius 2 is 1.00 bits per heavy atom. The van der Waals surface area contributed by atoms with Crippen LogP contribution in [0.4, 0.5) is 0 Å². The first-order valence-corrected chi connectivity index (χ1v) is 4.85. The van der Waals surface area contributed by atoms with E-state index in [1.165, 1.54) is 0 Å². The van der Waals surface area contributed by atoms with Crippen LogP contribution in [0.15, 0.2) is 12.2 Å². The number of aliphatic carboxylic acids is 2. The predicted octanol–water partition coefficient (Wildman–Crippen LogP) is -3.68. The van der Waals surface area contributed by atoms with Crippen molar-refractivity contribution < 1.29 is 31.3 Å². The minimum Gasteiger partial charge on any atom is -0.545 e. The van der Waals surface area contributed by atoms with Crippen molar-refractivity contribution in [1.29, 1.82) is 0 Å². The van der Waals surface area contributed by atoms with Crippen LogP contribution in [-0.2, 0) is 9.59 Å². The number of rotatable bonds is 2. The molecule has 96 valence electrons. The van der Waals surface area contributed by atoms with E-state index in [-0.39, 0.29) is 0 Å². The van der Waals surface area contributed by atoms with Crippen molar-refractivity contribution >= 4 is 11.9 Å². The van der Waals surface area contributed by atoms with E-state index in [2.05, 4.69) is 39.2 Å². The number of carbonyl (C=O) groups is 2. The van der Waals surface area contributed by atoms with Crippen LogP contribution in [0, 0.1) is 0 Å².